The highest BCUT2D eigenvalue weighted by atomic mass is 35.5. The first-order valence-corrected chi connectivity index (χ1v) is 11.0. The quantitative estimate of drug-likeness (QED) is 0.265. The van der Waals surface area contributed by atoms with Crippen molar-refractivity contribution in [3.8, 4) is 0 Å². The molecule has 1 N–H and O–H groups in total. The van der Waals surface area contributed by atoms with Crippen LogP contribution in [0.2, 0.25) is 5.02 Å². The SMILES string of the molecule is Cc1ccc(C)c(S(=O)(=O)NN=Cc2c3ccccc3c(Cl)c3ccccc23)c1. The Bertz CT molecular complexity index is 1320. The maximum atomic E-state index is 12.7. The van der Waals surface area contributed by atoms with Crippen LogP contribution in [-0.2, 0) is 10.0 Å². The molecule has 0 aliphatic carbocycles. The maximum absolute atomic E-state index is 12.7. The molecule has 0 amide bonds. The van der Waals surface area contributed by atoms with Crippen LogP contribution in [0.5, 0.6) is 0 Å². The molecule has 0 unspecified atom stereocenters. The lowest BCUT2D eigenvalue weighted by Crippen LogP contribution is -2.19. The van der Waals surface area contributed by atoms with Gasteiger partial charge in [0.25, 0.3) is 10.0 Å². The summed E-state index contributed by atoms with van der Waals surface area (Å²) in [7, 11) is -3.77. The second kappa shape index (κ2) is 7.50. The van der Waals surface area contributed by atoms with Crippen molar-refractivity contribution < 1.29 is 8.42 Å². The number of nitrogens with one attached hydrogen (secondary N) is 1. The van der Waals surface area contributed by atoms with Gasteiger partial charge in [-0.1, -0.05) is 72.3 Å². The molecule has 4 nitrogen and oxygen atoms in total. The van der Waals surface area contributed by atoms with Gasteiger partial charge in [0.15, 0.2) is 0 Å². The van der Waals surface area contributed by atoms with Crippen LogP contribution in [0.15, 0.2) is 76.7 Å². The van der Waals surface area contributed by atoms with Crippen molar-refractivity contribution in [2.75, 3.05) is 0 Å². The van der Waals surface area contributed by atoms with E-state index in [1.54, 1.807) is 25.3 Å². The Morgan fingerprint density at radius 1 is 0.862 bits per heavy atom. The summed E-state index contributed by atoms with van der Waals surface area (Å²) in [5.41, 5.74) is 2.35. The van der Waals surface area contributed by atoms with Crippen LogP contribution in [0.3, 0.4) is 0 Å². The van der Waals surface area contributed by atoms with E-state index in [9.17, 15) is 8.42 Å². The smallest absolute Gasteiger partial charge is 0.200 e. The summed E-state index contributed by atoms with van der Waals surface area (Å²) >= 11 is 6.61. The highest BCUT2D eigenvalue weighted by Gasteiger charge is 2.16. The average molecular weight is 423 g/mol. The number of hydrogen-bond acceptors (Lipinski definition) is 3. The number of halogens is 1. The summed E-state index contributed by atoms with van der Waals surface area (Å²) in [4.78, 5) is 2.57. The topological polar surface area (TPSA) is 58.5 Å². The summed E-state index contributed by atoms with van der Waals surface area (Å²) < 4.78 is 25.5. The molecule has 0 fully saturated rings. The molecule has 4 aromatic carbocycles. The van der Waals surface area contributed by atoms with E-state index in [2.05, 4.69) is 9.93 Å². The van der Waals surface area contributed by atoms with E-state index in [0.717, 1.165) is 32.7 Å². The fourth-order valence-corrected chi connectivity index (χ4v) is 4.91. The molecule has 0 aliphatic heterocycles. The van der Waals surface area contributed by atoms with E-state index >= 15 is 0 Å². The summed E-state index contributed by atoms with van der Waals surface area (Å²) in [6.07, 6.45) is 1.55. The van der Waals surface area contributed by atoms with Gasteiger partial charge in [-0.3, -0.25) is 0 Å². The minimum atomic E-state index is -3.77. The van der Waals surface area contributed by atoms with Gasteiger partial charge >= 0.3 is 0 Å². The Balaban J connectivity index is 1.80. The molecule has 4 aromatic rings. The molecule has 0 spiro atoms. The number of nitrogens with zero attached hydrogens (tertiary/aromatic N) is 1. The fraction of sp³-hybridized carbons (Fsp3) is 0.0870. The molecule has 0 aromatic heterocycles. The number of hydrogen-bond donors (Lipinski definition) is 1. The second-order valence-electron chi connectivity index (χ2n) is 6.94. The van der Waals surface area contributed by atoms with Crippen LogP contribution in [-0.4, -0.2) is 14.6 Å². The number of hydrazone groups is 1. The van der Waals surface area contributed by atoms with Crippen molar-refractivity contribution in [2.24, 2.45) is 5.10 Å². The van der Waals surface area contributed by atoms with E-state index in [4.69, 9.17) is 11.6 Å². The summed E-state index contributed by atoms with van der Waals surface area (Å²) in [5, 5.41) is 8.36. The van der Waals surface area contributed by atoms with Gasteiger partial charge in [-0.05, 0) is 41.8 Å². The highest BCUT2D eigenvalue weighted by Crippen LogP contribution is 2.35. The zero-order valence-corrected chi connectivity index (χ0v) is 17.6. The molecular weight excluding hydrogens is 404 g/mol. The summed E-state index contributed by atoms with van der Waals surface area (Å²) in [6, 6.07) is 20.8. The third kappa shape index (κ3) is 3.59. The van der Waals surface area contributed by atoms with Crippen LogP contribution in [0, 0.1) is 13.8 Å². The maximum Gasteiger partial charge on any atom is 0.276 e. The zero-order valence-electron chi connectivity index (χ0n) is 16.0. The van der Waals surface area contributed by atoms with Crippen molar-refractivity contribution >= 4 is 49.4 Å². The second-order valence-corrected chi connectivity index (χ2v) is 8.95. The van der Waals surface area contributed by atoms with Crippen molar-refractivity contribution in [3.05, 3.63) is 88.4 Å². The molecule has 0 saturated heterocycles. The van der Waals surface area contributed by atoms with Crippen LogP contribution >= 0.6 is 11.6 Å². The van der Waals surface area contributed by atoms with Crippen LogP contribution in [0.1, 0.15) is 16.7 Å². The van der Waals surface area contributed by atoms with Crippen molar-refractivity contribution in [3.63, 3.8) is 0 Å². The Hall–Kier alpha value is -2.89. The van der Waals surface area contributed by atoms with Crippen molar-refractivity contribution in [1.29, 1.82) is 0 Å². The molecule has 29 heavy (non-hydrogen) atoms. The van der Waals surface area contributed by atoms with Gasteiger partial charge in [-0.25, -0.2) is 4.83 Å². The van der Waals surface area contributed by atoms with Gasteiger partial charge in [0.1, 0.15) is 0 Å². The summed E-state index contributed by atoms with van der Waals surface area (Å²) in [6.45, 7) is 3.62. The average Bonchev–Trinajstić information content (AvgIpc) is 2.72. The first-order chi connectivity index (χ1) is 13.9. The minimum absolute atomic E-state index is 0.223. The monoisotopic (exact) mass is 422 g/mol. The van der Waals surface area contributed by atoms with E-state index < -0.39 is 10.0 Å². The third-order valence-corrected chi connectivity index (χ3v) is 6.68. The molecule has 146 valence electrons. The third-order valence-electron chi connectivity index (χ3n) is 4.91. The van der Waals surface area contributed by atoms with Gasteiger partial charge in [-0.2, -0.15) is 13.5 Å². The number of aryl methyl sites for hydroxylation is 2. The molecule has 4 rings (SSSR count). The number of sulfonamides is 1. The molecule has 0 saturated carbocycles. The van der Waals surface area contributed by atoms with Crippen LogP contribution < -0.4 is 4.83 Å². The van der Waals surface area contributed by atoms with E-state index in [0.29, 0.717) is 10.6 Å². The molecule has 0 bridgehead atoms. The van der Waals surface area contributed by atoms with E-state index in [1.807, 2.05) is 61.5 Å². The Morgan fingerprint density at radius 2 is 1.41 bits per heavy atom. The highest BCUT2D eigenvalue weighted by molar-refractivity contribution is 7.89. The molecule has 0 aliphatic rings. The Kier molecular flexibility index (Phi) is 5.03. The van der Waals surface area contributed by atoms with Crippen molar-refractivity contribution in [1.82, 2.24) is 4.83 Å². The first kappa shape index (κ1) is 19.4. The summed E-state index contributed by atoms with van der Waals surface area (Å²) in [5.74, 6) is 0. The first-order valence-electron chi connectivity index (χ1n) is 9.09. The van der Waals surface area contributed by atoms with Gasteiger partial charge in [0.2, 0.25) is 0 Å². The van der Waals surface area contributed by atoms with E-state index in [-0.39, 0.29) is 4.90 Å². The Labute approximate surface area is 174 Å². The van der Waals surface area contributed by atoms with Gasteiger partial charge < -0.3 is 0 Å². The van der Waals surface area contributed by atoms with Crippen LogP contribution in [0.4, 0.5) is 0 Å². The van der Waals surface area contributed by atoms with Crippen LogP contribution in [0.25, 0.3) is 21.5 Å². The number of fused-ring (bicyclic) bond motifs is 2. The fourth-order valence-electron chi connectivity index (χ4n) is 3.45. The van der Waals surface area contributed by atoms with E-state index in [1.165, 1.54) is 0 Å². The molecule has 6 heteroatoms. The lowest BCUT2D eigenvalue weighted by Gasteiger charge is -2.11. The molecule has 0 atom stereocenters. The van der Waals surface area contributed by atoms with Crippen molar-refractivity contribution in [2.45, 2.75) is 18.7 Å². The zero-order chi connectivity index (χ0) is 20.6. The Morgan fingerprint density at radius 3 is 2.00 bits per heavy atom. The predicted molar refractivity (Wildman–Crippen MR) is 120 cm³/mol. The van der Waals surface area contributed by atoms with Gasteiger partial charge in [-0.15, -0.1) is 0 Å². The van der Waals surface area contributed by atoms with Gasteiger partial charge in [0.05, 0.1) is 16.1 Å². The largest absolute Gasteiger partial charge is 0.276 e. The molecular formula is C23H19ClN2O2S. The number of benzene rings is 4. The molecule has 0 radical (unpaired) electrons. The molecule has 0 heterocycles. The lowest BCUT2D eigenvalue weighted by molar-refractivity contribution is 0.584. The predicted octanol–water partition coefficient (Wildman–Crippen LogP) is 5.58. The number of rotatable bonds is 4. The standard InChI is InChI=1S/C23H19ClN2O2S/c1-15-11-12-16(2)22(13-15)29(27,28)26-25-14-21-17-7-3-5-9-19(17)23(24)20-10-6-4-8-18(20)21/h3-14,26H,1-2H3. The van der Waals surface area contributed by atoms with Gasteiger partial charge in [0, 0.05) is 16.3 Å². The minimum Gasteiger partial charge on any atom is -0.200 e. The lowest BCUT2D eigenvalue weighted by atomic mass is 9.97. The normalized spacial score (nSPS) is 12.1.